The summed E-state index contributed by atoms with van der Waals surface area (Å²) >= 11 is 6.87. The van der Waals surface area contributed by atoms with Gasteiger partial charge in [-0.2, -0.15) is 0 Å². The van der Waals surface area contributed by atoms with Crippen molar-refractivity contribution in [1.82, 2.24) is 9.36 Å². The summed E-state index contributed by atoms with van der Waals surface area (Å²) in [5, 5.41) is 0.899. The molecule has 0 bridgehead atoms. The number of aromatic nitrogens is 2. The average Bonchev–Trinajstić information content (AvgIpc) is 2.81. The average molecular weight is 340 g/mol. The zero-order chi connectivity index (χ0) is 16.4. The fourth-order valence-corrected chi connectivity index (χ4v) is 3.59. The molecular weight excluding hydrogens is 324 g/mol. The van der Waals surface area contributed by atoms with Gasteiger partial charge in [0.25, 0.3) is 0 Å². The Morgan fingerprint density at radius 3 is 1.87 bits per heavy atom. The third-order valence-corrected chi connectivity index (χ3v) is 4.91. The van der Waals surface area contributed by atoms with Gasteiger partial charge in [-0.25, -0.2) is 9.36 Å². The van der Waals surface area contributed by atoms with Crippen molar-refractivity contribution in [3.63, 3.8) is 0 Å². The minimum absolute atomic E-state index is 0.0398. The van der Waals surface area contributed by atoms with Crippen LogP contribution in [0.4, 0.5) is 0 Å². The zero-order valence-electron chi connectivity index (χ0n) is 12.9. The zero-order valence-corrected chi connectivity index (χ0v) is 14.5. The van der Waals surface area contributed by atoms with Gasteiger partial charge >= 0.3 is 0 Å². The van der Waals surface area contributed by atoms with Crippen LogP contribution in [0.15, 0.2) is 65.7 Å². The highest BCUT2D eigenvalue weighted by Gasteiger charge is 2.18. The van der Waals surface area contributed by atoms with Crippen LogP contribution in [0, 0.1) is 11.6 Å². The Kier molecular flexibility index (Phi) is 4.50. The summed E-state index contributed by atoms with van der Waals surface area (Å²) in [7, 11) is 0. The highest BCUT2D eigenvalue weighted by atomic mass is 32.2. The third kappa shape index (κ3) is 3.02. The highest BCUT2D eigenvalue weighted by Crippen LogP contribution is 2.30. The van der Waals surface area contributed by atoms with Crippen molar-refractivity contribution in [2.75, 3.05) is 0 Å². The number of nitrogens with zero attached hydrogens (tertiary/aromatic N) is 2. The van der Waals surface area contributed by atoms with Crippen molar-refractivity contribution in [1.29, 1.82) is 0 Å². The molecular formula is C18H16N2OS2. The van der Waals surface area contributed by atoms with Gasteiger partial charge in [-0.3, -0.25) is 4.79 Å². The predicted molar refractivity (Wildman–Crippen MR) is 97.2 cm³/mol. The molecule has 3 nitrogen and oxygen atoms in total. The number of carbonyl (C=O) groups excluding carboxylic acids is 1. The van der Waals surface area contributed by atoms with E-state index in [9.17, 15) is 4.79 Å². The molecule has 0 aliphatic rings. The van der Waals surface area contributed by atoms with Crippen molar-refractivity contribution in [2.24, 2.45) is 0 Å². The predicted octanol–water partition coefficient (Wildman–Crippen LogP) is 4.94. The molecule has 2 aromatic carbocycles. The molecule has 0 N–H and O–H groups in total. The molecule has 0 saturated heterocycles. The lowest BCUT2D eigenvalue weighted by atomic mass is 10.3. The van der Waals surface area contributed by atoms with E-state index in [1.54, 1.807) is 6.92 Å². The van der Waals surface area contributed by atoms with Gasteiger partial charge in [-0.05, 0) is 43.0 Å². The number of rotatable bonds is 3. The first-order valence-electron chi connectivity index (χ1n) is 7.23. The second-order valence-electron chi connectivity index (χ2n) is 5.12. The maximum atomic E-state index is 11.7. The molecule has 23 heavy (non-hydrogen) atoms. The summed E-state index contributed by atoms with van der Waals surface area (Å²) in [5.41, 5.74) is 2.88. The van der Waals surface area contributed by atoms with E-state index in [0.717, 1.165) is 22.0 Å². The third-order valence-electron chi connectivity index (χ3n) is 3.47. The van der Waals surface area contributed by atoms with Gasteiger partial charge in [0.2, 0.25) is 0 Å². The molecule has 0 unspecified atom stereocenters. The first kappa shape index (κ1) is 15.8. The molecule has 0 aliphatic carbocycles. The van der Waals surface area contributed by atoms with E-state index in [2.05, 4.69) is 0 Å². The maximum Gasteiger partial charge on any atom is 0.192 e. The van der Waals surface area contributed by atoms with E-state index in [4.69, 9.17) is 12.2 Å². The second kappa shape index (κ2) is 6.56. The molecule has 1 aromatic heterocycles. The van der Waals surface area contributed by atoms with Crippen molar-refractivity contribution in [3.8, 4) is 11.4 Å². The summed E-state index contributed by atoms with van der Waals surface area (Å²) in [4.78, 5) is 11.7. The van der Waals surface area contributed by atoms with Crippen molar-refractivity contribution >= 4 is 29.1 Å². The van der Waals surface area contributed by atoms with Crippen molar-refractivity contribution in [2.45, 2.75) is 18.9 Å². The van der Waals surface area contributed by atoms with Gasteiger partial charge in [0.15, 0.2) is 5.12 Å². The first-order chi connectivity index (χ1) is 11.1. The Balaban J connectivity index is 2.35. The summed E-state index contributed by atoms with van der Waals surface area (Å²) in [6, 6.07) is 19.9. The minimum atomic E-state index is 0.0398. The van der Waals surface area contributed by atoms with Crippen molar-refractivity contribution < 1.29 is 4.79 Å². The largest absolute Gasteiger partial charge is 0.287 e. The van der Waals surface area contributed by atoms with E-state index in [0.29, 0.717) is 4.64 Å². The van der Waals surface area contributed by atoms with Crippen LogP contribution in [-0.4, -0.2) is 14.5 Å². The molecule has 0 radical (unpaired) electrons. The van der Waals surface area contributed by atoms with E-state index in [1.165, 1.54) is 11.8 Å². The molecule has 116 valence electrons. The van der Waals surface area contributed by atoms with E-state index < -0.39 is 0 Å². The normalized spacial score (nSPS) is 10.7. The van der Waals surface area contributed by atoms with Crippen LogP contribution in [-0.2, 0) is 4.79 Å². The second-order valence-corrected chi connectivity index (χ2v) is 6.68. The van der Waals surface area contributed by atoms with Crippen LogP contribution in [0.1, 0.15) is 12.5 Å². The number of benzene rings is 2. The number of hydrogen-bond donors (Lipinski definition) is 0. The minimum Gasteiger partial charge on any atom is -0.287 e. The quantitative estimate of drug-likeness (QED) is 0.499. The highest BCUT2D eigenvalue weighted by molar-refractivity contribution is 8.13. The molecule has 0 fully saturated rings. The SMILES string of the molecule is CC(=O)Sc1c(C)c(=S)n(-c2ccccc2)n1-c1ccccc1. The van der Waals surface area contributed by atoms with E-state index in [1.807, 2.05) is 77.0 Å². The topological polar surface area (TPSA) is 26.9 Å². The lowest BCUT2D eigenvalue weighted by Crippen LogP contribution is -2.10. The number of hydrogen-bond acceptors (Lipinski definition) is 3. The molecule has 0 atom stereocenters. The summed E-state index contributed by atoms with van der Waals surface area (Å²) in [6.45, 7) is 3.54. The van der Waals surface area contributed by atoms with E-state index >= 15 is 0 Å². The van der Waals surface area contributed by atoms with Crippen LogP contribution in [0.25, 0.3) is 11.4 Å². The lowest BCUT2D eigenvalue weighted by Gasteiger charge is -2.15. The monoisotopic (exact) mass is 340 g/mol. The Morgan fingerprint density at radius 1 is 0.913 bits per heavy atom. The molecule has 0 amide bonds. The number of carbonyl (C=O) groups is 1. The molecule has 0 spiro atoms. The molecule has 5 heteroatoms. The van der Waals surface area contributed by atoms with Gasteiger partial charge < -0.3 is 0 Å². The molecule has 0 saturated carbocycles. The number of thioether (sulfide) groups is 1. The van der Waals surface area contributed by atoms with Gasteiger partial charge in [0.05, 0.1) is 11.4 Å². The van der Waals surface area contributed by atoms with Crippen LogP contribution in [0.2, 0.25) is 0 Å². The Morgan fingerprint density at radius 2 is 1.39 bits per heavy atom. The molecule has 1 heterocycles. The maximum absolute atomic E-state index is 11.7. The van der Waals surface area contributed by atoms with Gasteiger partial charge in [0.1, 0.15) is 9.67 Å². The van der Waals surface area contributed by atoms with Crippen LogP contribution >= 0.6 is 24.0 Å². The Bertz CT molecular complexity index is 896. The van der Waals surface area contributed by atoms with Crippen LogP contribution < -0.4 is 0 Å². The van der Waals surface area contributed by atoms with E-state index in [-0.39, 0.29) is 5.12 Å². The molecule has 0 aliphatic heterocycles. The fourth-order valence-electron chi connectivity index (χ4n) is 2.45. The standard InChI is InChI=1S/C18H16N2OS2/c1-13-17(22)19(15-9-5-3-6-10-15)20(18(13)23-14(2)21)16-11-7-4-8-12-16/h3-12H,1-2H3. The summed E-state index contributed by atoms with van der Waals surface area (Å²) in [6.07, 6.45) is 0. The fraction of sp³-hybridized carbons (Fsp3) is 0.111. The molecule has 3 aromatic rings. The van der Waals surface area contributed by atoms with Crippen LogP contribution in [0.3, 0.4) is 0 Å². The molecule has 3 rings (SSSR count). The lowest BCUT2D eigenvalue weighted by molar-refractivity contribution is -0.109. The Labute approximate surface area is 144 Å². The van der Waals surface area contributed by atoms with Crippen LogP contribution in [0.5, 0.6) is 0 Å². The summed E-state index contributed by atoms with van der Waals surface area (Å²) in [5.74, 6) is 0. The summed E-state index contributed by atoms with van der Waals surface area (Å²) < 4.78 is 4.70. The Hall–Kier alpha value is -2.11. The van der Waals surface area contributed by atoms with Crippen molar-refractivity contribution in [3.05, 3.63) is 70.9 Å². The smallest absolute Gasteiger partial charge is 0.192 e. The van der Waals surface area contributed by atoms with Gasteiger partial charge in [-0.1, -0.05) is 48.6 Å². The van der Waals surface area contributed by atoms with Gasteiger partial charge in [-0.15, -0.1) is 0 Å². The first-order valence-corrected chi connectivity index (χ1v) is 8.46. The number of para-hydroxylation sites is 2. The van der Waals surface area contributed by atoms with Gasteiger partial charge in [0, 0.05) is 12.5 Å².